The monoisotopic (exact) mass is 617 g/mol. The van der Waals surface area contributed by atoms with Crippen molar-refractivity contribution in [2.24, 2.45) is 5.73 Å². The summed E-state index contributed by atoms with van der Waals surface area (Å²) in [7, 11) is -8.66. The van der Waals surface area contributed by atoms with Crippen molar-refractivity contribution in [2.45, 2.75) is 102 Å². The van der Waals surface area contributed by atoms with E-state index in [4.69, 9.17) is 23.5 Å². The van der Waals surface area contributed by atoms with E-state index in [9.17, 15) is 8.42 Å². The summed E-state index contributed by atoms with van der Waals surface area (Å²) in [5.41, 5.74) is 6.02. The minimum Gasteiger partial charge on any atom is -0.414 e. The van der Waals surface area contributed by atoms with Gasteiger partial charge in [0.2, 0.25) is 0 Å². The van der Waals surface area contributed by atoms with Crippen molar-refractivity contribution in [1.82, 2.24) is 5.32 Å². The Labute approximate surface area is 241 Å². The quantitative estimate of drug-likeness (QED) is 0.104. The zero-order valence-corrected chi connectivity index (χ0v) is 28.6. The average molecular weight is 618 g/mol. The summed E-state index contributed by atoms with van der Waals surface area (Å²) in [5, 5.41) is 4.21. The molecule has 1 aromatic carbocycles. The van der Waals surface area contributed by atoms with Crippen molar-refractivity contribution in [3.05, 3.63) is 41.4 Å². The van der Waals surface area contributed by atoms with E-state index in [0.29, 0.717) is 5.88 Å². The van der Waals surface area contributed by atoms with Gasteiger partial charge in [0, 0.05) is 5.69 Å². The second-order valence-corrected chi connectivity index (χ2v) is 25.1. The van der Waals surface area contributed by atoms with Gasteiger partial charge in [-0.1, -0.05) is 59.7 Å². The van der Waals surface area contributed by atoms with Crippen LogP contribution in [0.1, 0.15) is 41.5 Å². The van der Waals surface area contributed by atoms with Gasteiger partial charge in [-0.15, -0.1) is 0 Å². The minimum atomic E-state index is -4.03. The van der Waals surface area contributed by atoms with E-state index in [1.54, 1.807) is 0 Å². The molecule has 0 aliphatic carbocycles. The largest absolute Gasteiger partial charge is 0.414 e. The molecular weight excluding hydrogens is 571 g/mol. The second-order valence-electron chi connectivity index (χ2n) is 13.3. The first kappa shape index (κ1) is 32.6. The normalized spacial score (nSPS) is 27.6. The molecule has 0 aromatic heterocycles. The lowest BCUT2D eigenvalue weighted by atomic mass is 9.89. The second kappa shape index (κ2) is 11.4. The molecule has 1 aromatic rings. The Hall–Kier alpha value is -0.906. The van der Waals surface area contributed by atoms with Crippen LogP contribution in [0.4, 0.5) is 5.69 Å². The zero-order chi connectivity index (χ0) is 29.5. The molecule has 0 bridgehead atoms. The SMILES string of the molecule is CC(C)(C)[Si](C)(C)OCC1O[C@@H](NCSNc2ccccc2)C(O[Si](C)(C)C(C)(C)C)C12OS(=O)(=O)C=C2N. The van der Waals surface area contributed by atoms with Crippen LogP contribution in [0, 0.1) is 0 Å². The summed E-state index contributed by atoms with van der Waals surface area (Å²) < 4.78 is 54.7. The molecule has 2 aliphatic rings. The third kappa shape index (κ3) is 7.12. The number of nitrogens with two attached hydrogens (primary N) is 1. The Kier molecular flexibility index (Phi) is 9.54. The molecule has 2 aliphatic heterocycles. The van der Waals surface area contributed by atoms with Crippen LogP contribution in [0.3, 0.4) is 0 Å². The highest BCUT2D eigenvalue weighted by atomic mass is 32.2. The number of hydrogen-bond acceptors (Lipinski definition) is 10. The summed E-state index contributed by atoms with van der Waals surface area (Å²) in [6, 6.07) is 9.84. The maximum atomic E-state index is 12.8. The highest BCUT2D eigenvalue weighted by Crippen LogP contribution is 2.49. The molecule has 2 heterocycles. The Morgan fingerprint density at radius 2 is 1.62 bits per heavy atom. The molecule has 3 unspecified atom stereocenters. The number of rotatable bonds is 10. The minimum absolute atomic E-state index is 0.0444. The van der Waals surface area contributed by atoms with E-state index >= 15 is 0 Å². The number of hydrogen-bond donors (Lipinski definition) is 3. The number of benzene rings is 1. The number of nitrogens with one attached hydrogen (secondary N) is 2. The van der Waals surface area contributed by atoms with Gasteiger partial charge in [-0.25, -0.2) is 4.18 Å². The maximum Gasteiger partial charge on any atom is 0.292 e. The first-order valence-electron chi connectivity index (χ1n) is 13.3. The van der Waals surface area contributed by atoms with Crippen molar-refractivity contribution < 1.29 is 26.2 Å². The smallest absolute Gasteiger partial charge is 0.292 e. The summed E-state index contributed by atoms with van der Waals surface area (Å²) in [5.74, 6) is 0.458. The van der Waals surface area contributed by atoms with Crippen LogP contribution in [0.2, 0.25) is 36.3 Å². The molecule has 0 radical (unpaired) electrons. The van der Waals surface area contributed by atoms with Gasteiger partial charge in [0.25, 0.3) is 10.1 Å². The average Bonchev–Trinajstić information content (AvgIpc) is 3.20. The fourth-order valence-corrected chi connectivity index (χ4v) is 8.07. The van der Waals surface area contributed by atoms with Crippen LogP contribution in [-0.2, 0) is 27.9 Å². The summed E-state index contributed by atoms with van der Waals surface area (Å²) in [6.07, 6.45) is -2.28. The first-order valence-corrected chi connectivity index (χ1v) is 21.6. The van der Waals surface area contributed by atoms with Gasteiger partial charge >= 0.3 is 0 Å². The Morgan fingerprint density at radius 3 is 2.13 bits per heavy atom. The van der Waals surface area contributed by atoms with E-state index < -0.39 is 50.8 Å². The highest BCUT2D eigenvalue weighted by molar-refractivity contribution is 8.00. The topological polar surface area (TPSA) is 121 Å². The lowest BCUT2D eigenvalue weighted by molar-refractivity contribution is -0.0429. The van der Waals surface area contributed by atoms with Crippen molar-refractivity contribution in [2.75, 3.05) is 17.2 Å². The van der Waals surface area contributed by atoms with Gasteiger partial charge in [-0.3, -0.25) is 5.32 Å². The molecule has 1 saturated heterocycles. The Morgan fingerprint density at radius 1 is 1.03 bits per heavy atom. The van der Waals surface area contributed by atoms with E-state index in [1.165, 1.54) is 11.9 Å². The molecule has 4 atom stereocenters. The van der Waals surface area contributed by atoms with Gasteiger partial charge in [0.1, 0.15) is 18.4 Å². The molecule has 39 heavy (non-hydrogen) atoms. The van der Waals surface area contributed by atoms with E-state index in [2.05, 4.69) is 77.8 Å². The molecule has 1 spiro atoms. The van der Waals surface area contributed by atoms with E-state index in [0.717, 1.165) is 11.1 Å². The molecular formula is C26H47N3O6S2Si2. The van der Waals surface area contributed by atoms with Crippen LogP contribution in [0.5, 0.6) is 0 Å². The molecule has 3 rings (SSSR count). The zero-order valence-electron chi connectivity index (χ0n) is 25.0. The van der Waals surface area contributed by atoms with Gasteiger partial charge in [0.15, 0.2) is 22.2 Å². The number of para-hydroxylation sites is 1. The van der Waals surface area contributed by atoms with Gasteiger partial charge < -0.3 is 24.0 Å². The lowest BCUT2D eigenvalue weighted by Crippen LogP contribution is -2.60. The van der Waals surface area contributed by atoms with Crippen LogP contribution in [0.15, 0.2) is 41.4 Å². The van der Waals surface area contributed by atoms with Crippen LogP contribution < -0.4 is 15.8 Å². The van der Waals surface area contributed by atoms with Gasteiger partial charge in [-0.05, 0) is 60.3 Å². The van der Waals surface area contributed by atoms with Gasteiger partial charge in [-0.2, -0.15) is 8.42 Å². The Balaban J connectivity index is 1.94. The van der Waals surface area contributed by atoms with Crippen molar-refractivity contribution in [3.63, 3.8) is 0 Å². The lowest BCUT2D eigenvalue weighted by Gasteiger charge is -2.43. The molecule has 4 N–H and O–H groups in total. The van der Waals surface area contributed by atoms with Gasteiger partial charge in [0.05, 0.1) is 23.6 Å². The predicted molar refractivity (Wildman–Crippen MR) is 165 cm³/mol. The third-order valence-electron chi connectivity index (χ3n) is 8.41. The first-order chi connectivity index (χ1) is 17.7. The van der Waals surface area contributed by atoms with Crippen molar-refractivity contribution >= 4 is 44.4 Å². The molecule has 13 heteroatoms. The number of ether oxygens (including phenoxy) is 1. The maximum absolute atomic E-state index is 12.8. The molecule has 222 valence electrons. The van der Waals surface area contributed by atoms with Crippen LogP contribution >= 0.6 is 11.9 Å². The fourth-order valence-electron chi connectivity index (χ4n) is 3.93. The van der Waals surface area contributed by atoms with Crippen molar-refractivity contribution in [1.29, 1.82) is 0 Å². The summed E-state index contributed by atoms with van der Waals surface area (Å²) in [4.78, 5) is 0. The summed E-state index contributed by atoms with van der Waals surface area (Å²) >= 11 is 1.46. The number of anilines is 1. The van der Waals surface area contributed by atoms with E-state index in [-0.39, 0.29) is 22.4 Å². The third-order valence-corrected chi connectivity index (χ3v) is 19.1. The predicted octanol–water partition coefficient (Wildman–Crippen LogP) is 5.33. The molecule has 1 fully saturated rings. The van der Waals surface area contributed by atoms with Crippen molar-refractivity contribution in [3.8, 4) is 0 Å². The fraction of sp³-hybridized carbons (Fsp3) is 0.692. The van der Waals surface area contributed by atoms with E-state index in [1.807, 2.05) is 30.3 Å². The molecule has 9 nitrogen and oxygen atoms in total. The van der Waals surface area contributed by atoms with Crippen LogP contribution in [-0.4, -0.2) is 61.6 Å². The standard InChI is InChI=1S/C26H47N3O6S2Si2/c1-24(2,3)38(7,8)32-16-21-26(20(27)17-37(30,31)35-26)22(34-39(9,10)25(4,5)6)23(33-21)28-18-36-29-19-14-12-11-13-15-19/h11-15,17,21-23,28-29H,16,18,27H2,1-10H3/t21?,22?,23-,26?/m1/s1. The van der Waals surface area contributed by atoms with Crippen LogP contribution in [0.25, 0.3) is 0 Å². The molecule has 0 amide bonds. The Bertz CT molecular complexity index is 1140. The molecule has 0 saturated carbocycles. The summed E-state index contributed by atoms with van der Waals surface area (Å²) in [6.45, 7) is 21.5. The highest BCUT2D eigenvalue weighted by Gasteiger charge is 2.66.